The first-order valence-electron chi connectivity index (χ1n) is 5.81. The van der Waals surface area contributed by atoms with E-state index < -0.39 is 11.4 Å². The molecule has 19 heavy (non-hydrogen) atoms. The van der Waals surface area contributed by atoms with Gasteiger partial charge >= 0.3 is 5.97 Å². The predicted octanol–water partition coefficient (Wildman–Crippen LogP) is 0.754. The molecule has 0 amide bonds. The van der Waals surface area contributed by atoms with Crippen LogP contribution < -0.4 is 21.7 Å². The zero-order valence-corrected chi connectivity index (χ0v) is 11.1. The van der Waals surface area contributed by atoms with Gasteiger partial charge in [0, 0.05) is 6.20 Å². The highest BCUT2D eigenvalue weighted by molar-refractivity contribution is 5.78. The first-order valence-corrected chi connectivity index (χ1v) is 5.81. The van der Waals surface area contributed by atoms with E-state index in [1.54, 1.807) is 37.3 Å². The average molecular weight is 263 g/mol. The lowest BCUT2D eigenvalue weighted by atomic mass is 9.90. The molecule has 1 aliphatic heterocycles. The van der Waals surface area contributed by atoms with E-state index >= 15 is 0 Å². The van der Waals surface area contributed by atoms with Crippen LogP contribution in [0.2, 0.25) is 0 Å². The largest absolute Gasteiger partial charge is 0.481 e. The van der Waals surface area contributed by atoms with Gasteiger partial charge in [-0.25, -0.2) is 0 Å². The van der Waals surface area contributed by atoms with Crippen LogP contribution in [0.4, 0.5) is 11.4 Å². The van der Waals surface area contributed by atoms with Gasteiger partial charge in [-0.15, -0.1) is 5.53 Å². The van der Waals surface area contributed by atoms with Crippen LogP contribution in [0, 0.1) is 12.3 Å². The number of carbonyl (C=O) groups is 1. The number of rotatable bonds is 3. The number of hydrogen-bond acceptors (Lipinski definition) is 6. The smallest absolute Gasteiger partial charge is 0.315 e. The van der Waals surface area contributed by atoms with E-state index in [0.717, 1.165) is 11.4 Å². The van der Waals surface area contributed by atoms with E-state index in [-0.39, 0.29) is 0 Å². The SMILES string of the molecule is Cc1ncc(N)cc1N1C=C(C(C)(C)C(=O)O)NN1. The first kappa shape index (κ1) is 13.2. The Morgan fingerprint density at radius 1 is 1.53 bits per heavy atom. The molecular formula is C12H17N5O2. The lowest BCUT2D eigenvalue weighted by Crippen LogP contribution is -2.40. The number of aromatic nitrogens is 1. The van der Waals surface area contributed by atoms with Gasteiger partial charge in [0.15, 0.2) is 0 Å². The van der Waals surface area contributed by atoms with Crippen LogP contribution in [0.3, 0.4) is 0 Å². The zero-order chi connectivity index (χ0) is 14.2. The number of nitrogens with zero attached hydrogens (tertiary/aromatic N) is 2. The first-order chi connectivity index (χ1) is 8.82. The maximum Gasteiger partial charge on any atom is 0.315 e. The average Bonchev–Trinajstić information content (AvgIpc) is 2.82. The van der Waals surface area contributed by atoms with Crippen molar-refractivity contribution < 1.29 is 9.90 Å². The van der Waals surface area contributed by atoms with Gasteiger partial charge in [0.25, 0.3) is 0 Å². The molecule has 2 rings (SSSR count). The summed E-state index contributed by atoms with van der Waals surface area (Å²) in [4.78, 5) is 15.4. The molecule has 7 heteroatoms. The number of hydrazine groups is 2. The van der Waals surface area contributed by atoms with Crippen molar-refractivity contribution in [3.63, 3.8) is 0 Å². The van der Waals surface area contributed by atoms with Crippen molar-refractivity contribution in [1.29, 1.82) is 0 Å². The van der Waals surface area contributed by atoms with E-state index in [0.29, 0.717) is 11.4 Å². The van der Waals surface area contributed by atoms with Gasteiger partial charge in [-0.05, 0) is 26.8 Å². The van der Waals surface area contributed by atoms with Crippen LogP contribution in [-0.2, 0) is 4.79 Å². The Morgan fingerprint density at radius 2 is 2.21 bits per heavy atom. The molecule has 0 aromatic carbocycles. The highest BCUT2D eigenvalue weighted by Gasteiger charge is 2.35. The lowest BCUT2D eigenvalue weighted by Gasteiger charge is -2.19. The predicted molar refractivity (Wildman–Crippen MR) is 71.6 cm³/mol. The quantitative estimate of drug-likeness (QED) is 0.638. The molecule has 102 valence electrons. The summed E-state index contributed by atoms with van der Waals surface area (Å²) in [6, 6.07) is 1.77. The molecule has 1 aromatic heterocycles. The fourth-order valence-corrected chi connectivity index (χ4v) is 1.66. The summed E-state index contributed by atoms with van der Waals surface area (Å²) in [7, 11) is 0. The molecule has 0 bridgehead atoms. The summed E-state index contributed by atoms with van der Waals surface area (Å²) in [5, 5.41) is 10.9. The summed E-state index contributed by atoms with van der Waals surface area (Å²) >= 11 is 0. The van der Waals surface area contributed by atoms with Crippen molar-refractivity contribution in [1.82, 2.24) is 15.9 Å². The number of carboxylic acid groups (broad SMARTS) is 1. The fraction of sp³-hybridized carbons (Fsp3) is 0.333. The Morgan fingerprint density at radius 3 is 2.84 bits per heavy atom. The van der Waals surface area contributed by atoms with Gasteiger partial charge in [-0.3, -0.25) is 14.8 Å². The maximum absolute atomic E-state index is 11.2. The number of nitrogens with one attached hydrogen (secondary N) is 2. The van der Waals surface area contributed by atoms with Gasteiger partial charge in [0.2, 0.25) is 0 Å². The Balaban J connectivity index is 2.33. The summed E-state index contributed by atoms with van der Waals surface area (Å²) in [6.07, 6.45) is 3.27. The van der Waals surface area contributed by atoms with Crippen LogP contribution in [0.1, 0.15) is 19.5 Å². The van der Waals surface area contributed by atoms with Crippen molar-refractivity contribution in [3.8, 4) is 0 Å². The van der Waals surface area contributed by atoms with Crippen LogP contribution in [-0.4, -0.2) is 16.1 Å². The number of carboxylic acids is 1. The Labute approximate surface area is 111 Å². The summed E-state index contributed by atoms with van der Waals surface area (Å²) in [5.41, 5.74) is 13.1. The number of nitrogens with two attached hydrogens (primary N) is 1. The van der Waals surface area contributed by atoms with E-state index in [1.807, 2.05) is 6.92 Å². The van der Waals surface area contributed by atoms with Crippen molar-refractivity contribution >= 4 is 17.3 Å². The molecule has 0 spiro atoms. The summed E-state index contributed by atoms with van der Waals surface area (Å²) < 4.78 is 0. The Bertz CT molecular complexity index is 553. The van der Waals surface area contributed by atoms with Crippen LogP contribution in [0.25, 0.3) is 0 Å². The Hall–Kier alpha value is -2.28. The van der Waals surface area contributed by atoms with E-state index in [1.165, 1.54) is 0 Å². The second-order valence-corrected chi connectivity index (χ2v) is 4.95. The van der Waals surface area contributed by atoms with Crippen LogP contribution in [0.5, 0.6) is 0 Å². The standard InChI is InChI=1S/C12H17N5O2/c1-7-9(4-8(13)5-14-7)17-6-10(15-16-17)12(2,3)11(18)19/h4-6,15-16H,13H2,1-3H3,(H,18,19). The molecule has 7 nitrogen and oxygen atoms in total. The van der Waals surface area contributed by atoms with Gasteiger partial charge in [-0.2, -0.15) is 0 Å². The summed E-state index contributed by atoms with van der Waals surface area (Å²) in [6.45, 7) is 5.11. The summed E-state index contributed by atoms with van der Waals surface area (Å²) in [5.74, 6) is -0.905. The molecule has 1 aliphatic rings. The van der Waals surface area contributed by atoms with Gasteiger partial charge in [-0.1, -0.05) is 0 Å². The van der Waals surface area contributed by atoms with Crippen molar-refractivity contribution in [2.45, 2.75) is 20.8 Å². The van der Waals surface area contributed by atoms with E-state index in [2.05, 4.69) is 15.9 Å². The second-order valence-electron chi connectivity index (χ2n) is 4.95. The van der Waals surface area contributed by atoms with Crippen LogP contribution >= 0.6 is 0 Å². The highest BCUT2D eigenvalue weighted by atomic mass is 16.4. The third-order valence-corrected chi connectivity index (χ3v) is 3.12. The number of pyridine rings is 1. The molecule has 0 saturated carbocycles. The molecule has 0 atom stereocenters. The van der Waals surface area contributed by atoms with Crippen molar-refractivity contribution in [2.75, 3.05) is 10.7 Å². The molecule has 0 unspecified atom stereocenters. The van der Waals surface area contributed by atoms with E-state index in [4.69, 9.17) is 5.73 Å². The molecule has 0 saturated heterocycles. The van der Waals surface area contributed by atoms with Crippen molar-refractivity contribution in [2.24, 2.45) is 5.41 Å². The highest BCUT2D eigenvalue weighted by Crippen LogP contribution is 2.29. The minimum absolute atomic E-state index is 0.543. The van der Waals surface area contributed by atoms with Gasteiger partial charge in [0.05, 0.1) is 29.0 Å². The topological polar surface area (TPSA) is 104 Å². The molecule has 5 N–H and O–H groups in total. The Kier molecular flexibility index (Phi) is 3.07. The molecule has 2 heterocycles. The van der Waals surface area contributed by atoms with E-state index in [9.17, 15) is 9.90 Å². The number of nitrogen functional groups attached to an aromatic ring is 1. The minimum Gasteiger partial charge on any atom is -0.481 e. The number of anilines is 2. The second kappa shape index (κ2) is 4.43. The third-order valence-electron chi connectivity index (χ3n) is 3.12. The van der Waals surface area contributed by atoms with Crippen LogP contribution in [0.15, 0.2) is 24.2 Å². The molecular weight excluding hydrogens is 246 g/mol. The normalized spacial score (nSPS) is 15.1. The number of aryl methyl sites for hydroxylation is 1. The lowest BCUT2D eigenvalue weighted by molar-refractivity contribution is -0.145. The van der Waals surface area contributed by atoms with Gasteiger partial charge < -0.3 is 16.3 Å². The minimum atomic E-state index is -1.01. The molecule has 0 aliphatic carbocycles. The fourth-order valence-electron chi connectivity index (χ4n) is 1.66. The monoisotopic (exact) mass is 263 g/mol. The number of aliphatic carboxylic acids is 1. The van der Waals surface area contributed by atoms with Gasteiger partial charge in [0.1, 0.15) is 5.41 Å². The molecule has 1 aromatic rings. The third kappa shape index (κ3) is 2.32. The maximum atomic E-state index is 11.2. The molecule has 0 radical (unpaired) electrons. The molecule has 0 fully saturated rings. The van der Waals surface area contributed by atoms with Crippen molar-refractivity contribution in [3.05, 3.63) is 29.9 Å². The zero-order valence-electron chi connectivity index (χ0n) is 11.1. The number of hydrogen-bond donors (Lipinski definition) is 4.